The van der Waals surface area contributed by atoms with Crippen molar-refractivity contribution in [1.29, 1.82) is 0 Å². The summed E-state index contributed by atoms with van der Waals surface area (Å²) in [5, 5.41) is 0. The number of para-hydroxylation sites is 1. The first-order valence-electron chi connectivity index (χ1n) is 4.43. The lowest BCUT2D eigenvalue weighted by Gasteiger charge is -2.06. The summed E-state index contributed by atoms with van der Waals surface area (Å²) in [6.07, 6.45) is 0. The van der Waals surface area contributed by atoms with Crippen LogP contribution in [-0.4, -0.2) is 0 Å². The highest BCUT2D eigenvalue weighted by molar-refractivity contribution is 14.1. The van der Waals surface area contributed by atoms with Crippen molar-refractivity contribution in [2.45, 2.75) is 0 Å². The first-order chi connectivity index (χ1) is 7.25. The van der Waals surface area contributed by atoms with Gasteiger partial charge in [-0.15, -0.1) is 0 Å². The maximum Gasteiger partial charge on any atom is 0.140 e. The Bertz CT molecular complexity index is 453. The van der Waals surface area contributed by atoms with Crippen LogP contribution in [0.25, 0.3) is 0 Å². The number of ether oxygens (including phenoxy) is 1. The molecule has 0 heterocycles. The van der Waals surface area contributed by atoms with Crippen LogP contribution in [0.2, 0.25) is 0 Å². The van der Waals surface area contributed by atoms with Crippen molar-refractivity contribution in [2.24, 2.45) is 0 Å². The van der Waals surface area contributed by atoms with Gasteiger partial charge in [-0.2, -0.15) is 0 Å². The van der Waals surface area contributed by atoms with E-state index in [1.165, 1.54) is 12.1 Å². The number of rotatable bonds is 2. The zero-order valence-electron chi connectivity index (χ0n) is 7.78. The van der Waals surface area contributed by atoms with Gasteiger partial charge in [-0.25, -0.2) is 4.39 Å². The predicted octanol–water partition coefficient (Wildman–Crippen LogP) is 4.22. The fourth-order valence-corrected chi connectivity index (χ4v) is 1.65. The minimum absolute atomic E-state index is 0.259. The summed E-state index contributed by atoms with van der Waals surface area (Å²) in [6.45, 7) is 0. The van der Waals surface area contributed by atoms with Crippen LogP contribution < -0.4 is 4.74 Å². The predicted molar refractivity (Wildman–Crippen MR) is 65.6 cm³/mol. The minimum atomic E-state index is -0.259. The quantitative estimate of drug-likeness (QED) is 0.754. The molecular weight excluding hydrogens is 306 g/mol. The molecule has 2 aromatic rings. The average molecular weight is 314 g/mol. The first-order valence-corrected chi connectivity index (χ1v) is 5.51. The van der Waals surface area contributed by atoms with Crippen LogP contribution in [0.5, 0.6) is 11.5 Å². The molecule has 0 radical (unpaired) electrons. The number of hydrogen-bond acceptors (Lipinski definition) is 1. The molecule has 0 aliphatic rings. The first kappa shape index (κ1) is 10.4. The molecule has 0 amide bonds. The molecule has 0 N–H and O–H groups in total. The molecule has 0 aliphatic carbocycles. The van der Waals surface area contributed by atoms with Crippen LogP contribution in [-0.2, 0) is 0 Å². The Morgan fingerprint density at radius 2 is 1.60 bits per heavy atom. The summed E-state index contributed by atoms with van der Waals surface area (Å²) in [5.74, 6) is 1.16. The van der Waals surface area contributed by atoms with E-state index in [9.17, 15) is 4.39 Å². The lowest BCUT2D eigenvalue weighted by atomic mass is 10.3. The molecule has 3 heteroatoms. The summed E-state index contributed by atoms with van der Waals surface area (Å²) in [5.41, 5.74) is 0. The molecule has 0 unspecified atom stereocenters. The molecular formula is C12H8FIO. The van der Waals surface area contributed by atoms with Crippen molar-refractivity contribution >= 4 is 22.6 Å². The molecule has 2 aromatic carbocycles. The Labute approximate surface area is 101 Å². The Morgan fingerprint density at radius 3 is 2.27 bits per heavy atom. The molecule has 1 nitrogen and oxygen atoms in total. The maximum absolute atomic E-state index is 12.6. The standard InChI is InChI=1S/C12H8FIO/c13-9-5-7-10(8-6-9)15-12-4-2-1-3-11(12)14/h1-8H. The summed E-state index contributed by atoms with van der Waals surface area (Å²) >= 11 is 2.19. The highest BCUT2D eigenvalue weighted by atomic mass is 127. The van der Waals surface area contributed by atoms with E-state index in [4.69, 9.17) is 4.74 Å². The Hall–Kier alpha value is -1.10. The maximum atomic E-state index is 12.6. The largest absolute Gasteiger partial charge is 0.456 e. The van der Waals surface area contributed by atoms with E-state index >= 15 is 0 Å². The van der Waals surface area contributed by atoms with Crippen LogP contribution in [0.3, 0.4) is 0 Å². The smallest absolute Gasteiger partial charge is 0.140 e. The Kier molecular flexibility index (Phi) is 3.20. The van der Waals surface area contributed by atoms with Gasteiger partial charge in [0.05, 0.1) is 3.57 Å². The van der Waals surface area contributed by atoms with E-state index in [2.05, 4.69) is 22.6 Å². The summed E-state index contributed by atoms with van der Waals surface area (Å²) in [4.78, 5) is 0. The molecule has 0 aliphatic heterocycles. The van der Waals surface area contributed by atoms with Crippen LogP contribution in [0.4, 0.5) is 4.39 Å². The van der Waals surface area contributed by atoms with Gasteiger partial charge in [0.1, 0.15) is 17.3 Å². The Balaban J connectivity index is 2.22. The molecule has 15 heavy (non-hydrogen) atoms. The Morgan fingerprint density at radius 1 is 0.933 bits per heavy atom. The second-order valence-corrected chi connectivity index (χ2v) is 4.15. The molecule has 2 rings (SSSR count). The van der Waals surface area contributed by atoms with E-state index in [-0.39, 0.29) is 5.82 Å². The zero-order valence-corrected chi connectivity index (χ0v) is 9.94. The van der Waals surface area contributed by atoms with Crippen molar-refractivity contribution in [3.63, 3.8) is 0 Å². The fraction of sp³-hybridized carbons (Fsp3) is 0. The highest BCUT2D eigenvalue weighted by Crippen LogP contribution is 2.26. The average Bonchev–Trinajstić information content (AvgIpc) is 2.25. The molecule has 0 aromatic heterocycles. The third-order valence-electron chi connectivity index (χ3n) is 1.88. The van der Waals surface area contributed by atoms with Crippen molar-refractivity contribution in [1.82, 2.24) is 0 Å². The van der Waals surface area contributed by atoms with Gasteiger partial charge in [-0.1, -0.05) is 12.1 Å². The van der Waals surface area contributed by atoms with E-state index < -0.39 is 0 Å². The van der Waals surface area contributed by atoms with E-state index in [0.717, 1.165) is 9.32 Å². The SMILES string of the molecule is Fc1ccc(Oc2ccccc2I)cc1. The van der Waals surface area contributed by atoms with Gasteiger partial charge in [-0.05, 0) is 59.0 Å². The van der Waals surface area contributed by atoms with Crippen molar-refractivity contribution in [2.75, 3.05) is 0 Å². The normalized spacial score (nSPS) is 10.0. The lowest BCUT2D eigenvalue weighted by Crippen LogP contribution is -1.86. The summed E-state index contributed by atoms with van der Waals surface area (Å²) in [6, 6.07) is 13.7. The van der Waals surface area contributed by atoms with Gasteiger partial charge in [0.2, 0.25) is 0 Å². The molecule has 0 atom stereocenters. The molecule has 0 spiro atoms. The number of benzene rings is 2. The molecule has 76 valence electrons. The van der Waals surface area contributed by atoms with Crippen molar-refractivity contribution in [3.8, 4) is 11.5 Å². The van der Waals surface area contributed by atoms with E-state index in [1.54, 1.807) is 12.1 Å². The van der Waals surface area contributed by atoms with Gasteiger partial charge in [-0.3, -0.25) is 0 Å². The summed E-state index contributed by atoms with van der Waals surface area (Å²) < 4.78 is 19.3. The van der Waals surface area contributed by atoms with Gasteiger partial charge in [0.15, 0.2) is 0 Å². The molecule has 0 saturated heterocycles. The molecule has 0 bridgehead atoms. The second-order valence-electron chi connectivity index (χ2n) is 2.99. The van der Waals surface area contributed by atoms with Gasteiger partial charge in [0, 0.05) is 0 Å². The second kappa shape index (κ2) is 4.61. The minimum Gasteiger partial charge on any atom is -0.456 e. The van der Waals surface area contributed by atoms with Crippen molar-refractivity contribution in [3.05, 3.63) is 57.9 Å². The highest BCUT2D eigenvalue weighted by Gasteiger charge is 2.00. The molecule has 0 saturated carbocycles. The lowest BCUT2D eigenvalue weighted by molar-refractivity contribution is 0.477. The van der Waals surface area contributed by atoms with Crippen LogP contribution in [0, 0.1) is 9.39 Å². The summed E-state index contributed by atoms with van der Waals surface area (Å²) in [7, 11) is 0. The van der Waals surface area contributed by atoms with E-state index in [1.807, 2.05) is 24.3 Å². The molecule has 0 fully saturated rings. The zero-order chi connectivity index (χ0) is 10.7. The monoisotopic (exact) mass is 314 g/mol. The van der Waals surface area contributed by atoms with Gasteiger partial charge in [0.25, 0.3) is 0 Å². The van der Waals surface area contributed by atoms with Gasteiger partial charge >= 0.3 is 0 Å². The number of hydrogen-bond donors (Lipinski definition) is 0. The van der Waals surface area contributed by atoms with Gasteiger partial charge < -0.3 is 4.74 Å². The third kappa shape index (κ3) is 2.68. The third-order valence-corrected chi connectivity index (χ3v) is 2.77. The van der Waals surface area contributed by atoms with Crippen LogP contribution in [0.1, 0.15) is 0 Å². The number of halogens is 2. The van der Waals surface area contributed by atoms with Crippen molar-refractivity contribution < 1.29 is 9.13 Å². The fourth-order valence-electron chi connectivity index (χ4n) is 1.16. The van der Waals surface area contributed by atoms with E-state index in [0.29, 0.717) is 5.75 Å². The van der Waals surface area contributed by atoms with Crippen LogP contribution >= 0.6 is 22.6 Å². The topological polar surface area (TPSA) is 9.23 Å². The van der Waals surface area contributed by atoms with Crippen LogP contribution in [0.15, 0.2) is 48.5 Å².